The second-order valence-electron chi connectivity index (χ2n) is 5.20. The zero-order valence-electron chi connectivity index (χ0n) is 10.5. The summed E-state index contributed by atoms with van der Waals surface area (Å²) in [6.07, 6.45) is 2.22. The number of benzene rings is 1. The van der Waals surface area contributed by atoms with E-state index in [4.69, 9.17) is 5.73 Å². The fourth-order valence-electron chi connectivity index (χ4n) is 1.71. The molecule has 0 amide bonds. The number of hydrogen-bond donors (Lipinski definition) is 1. The predicted octanol–water partition coefficient (Wildman–Crippen LogP) is 3.72. The van der Waals surface area contributed by atoms with Crippen LogP contribution in [0.4, 0.5) is 0 Å². The minimum absolute atomic E-state index is 0.0403. The van der Waals surface area contributed by atoms with Gasteiger partial charge in [0.15, 0.2) is 5.17 Å². The van der Waals surface area contributed by atoms with Crippen LogP contribution < -0.4 is 5.73 Å². The van der Waals surface area contributed by atoms with E-state index in [1.165, 1.54) is 5.56 Å². The standard InChI is InChI=1S/C14H18N2S/c1-14(2,3)12-9-11(17-13(15)16-12)10-7-5-4-6-8-10/h4-9,11H,1-3H3,(H2,15,16). The van der Waals surface area contributed by atoms with E-state index < -0.39 is 0 Å². The van der Waals surface area contributed by atoms with Crippen molar-refractivity contribution in [3.63, 3.8) is 0 Å². The first-order valence-corrected chi connectivity index (χ1v) is 6.63. The summed E-state index contributed by atoms with van der Waals surface area (Å²) in [7, 11) is 0. The lowest BCUT2D eigenvalue weighted by Crippen LogP contribution is -2.18. The molecule has 1 aliphatic rings. The normalized spacial score (nSPS) is 20.8. The van der Waals surface area contributed by atoms with E-state index in [1.807, 2.05) is 6.07 Å². The molecule has 0 radical (unpaired) electrons. The minimum Gasteiger partial charge on any atom is -0.378 e. The van der Waals surface area contributed by atoms with Crippen LogP contribution in [0.15, 0.2) is 47.1 Å². The van der Waals surface area contributed by atoms with Gasteiger partial charge in [-0.2, -0.15) is 0 Å². The Kier molecular flexibility index (Phi) is 3.29. The number of allylic oxidation sites excluding steroid dienone is 1. The maximum Gasteiger partial charge on any atom is 0.159 e. The van der Waals surface area contributed by atoms with E-state index in [-0.39, 0.29) is 10.7 Å². The lowest BCUT2D eigenvalue weighted by Gasteiger charge is -2.26. The Morgan fingerprint density at radius 1 is 1.18 bits per heavy atom. The lowest BCUT2D eigenvalue weighted by atomic mass is 9.91. The van der Waals surface area contributed by atoms with Crippen LogP contribution in [0.5, 0.6) is 0 Å². The van der Waals surface area contributed by atoms with Crippen molar-refractivity contribution < 1.29 is 0 Å². The summed E-state index contributed by atoms with van der Waals surface area (Å²) < 4.78 is 0. The monoisotopic (exact) mass is 246 g/mol. The molecule has 0 saturated heterocycles. The van der Waals surface area contributed by atoms with Gasteiger partial charge in [-0.05, 0) is 11.6 Å². The molecule has 2 nitrogen and oxygen atoms in total. The Morgan fingerprint density at radius 2 is 1.82 bits per heavy atom. The minimum atomic E-state index is 0.0403. The summed E-state index contributed by atoms with van der Waals surface area (Å²) in [5.41, 5.74) is 8.31. The van der Waals surface area contributed by atoms with Crippen LogP contribution >= 0.6 is 11.8 Å². The van der Waals surface area contributed by atoms with Gasteiger partial charge in [-0.25, -0.2) is 4.99 Å². The van der Waals surface area contributed by atoms with Gasteiger partial charge >= 0.3 is 0 Å². The first-order valence-electron chi connectivity index (χ1n) is 5.75. The largest absolute Gasteiger partial charge is 0.378 e. The molecule has 3 heteroatoms. The van der Waals surface area contributed by atoms with Gasteiger partial charge in [-0.1, -0.05) is 62.9 Å². The highest BCUT2D eigenvalue weighted by Crippen LogP contribution is 2.39. The van der Waals surface area contributed by atoms with Gasteiger partial charge in [0.25, 0.3) is 0 Å². The van der Waals surface area contributed by atoms with Gasteiger partial charge < -0.3 is 5.73 Å². The highest BCUT2D eigenvalue weighted by Gasteiger charge is 2.24. The van der Waals surface area contributed by atoms with Crippen molar-refractivity contribution in [3.05, 3.63) is 47.7 Å². The average Bonchev–Trinajstić information content (AvgIpc) is 2.28. The van der Waals surface area contributed by atoms with Crippen molar-refractivity contribution in [3.8, 4) is 0 Å². The number of rotatable bonds is 1. The molecule has 0 aromatic heterocycles. The van der Waals surface area contributed by atoms with Crippen LogP contribution in [0.1, 0.15) is 31.6 Å². The molecule has 1 aromatic rings. The highest BCUT2D eigenvalue weighted by atomic mass is 32.2. The van der Waals surface area contributed by atoms with Gasteiger partial charge in [0.2, 0.25) is 0 Å². The Morgan fingerprint density at radius 3 is 2.41 bits per heavy atom. The topological polar surface area (TPSA) is 38.4 Å². The maximum absolute atomic E-state index is 5.92. The van der Waals surface area contributed by atoms with Crippen molar-refractivity contribution in [1.29, 1.82) is 0 Å². The van der Waals surface area contributed by atoms with Gasteiger partial charge in [0.05, 0.1) is 5.25 Å². The van der Waals surface area contributed by atoms with Gasteiger partial charge in [0, 0.05) is 11.1 Å². The molecule has 17 heavy (non-hydrogen) atoms. The van der Waals surface area contributed by atoms with Crippen molar-refractivity contribution in [2.45, 2.75) is 26.0 Å². The van der Waals surface area contributed by atoms with Crippen molar-refractivity contribution in [1.82, 2.24) is 0 Å². The summed E-state index contributed by atoms with van der Waals surface area (Å²) in [5, 5.41) is 0.939. The molecule has 90 valence electrons. The number of thioether (sulfide) groups is 1. The third-order valence-electron chi connectivity index (χ3n) is 2.68. The van der Waals surface area contributed by atoms with E-state index in [2.05, 4.69) is 56.1 Å². The van der Waals surface area contributed by atoms with Crippen LogP contribution in [0.3, 0.4) is 0 Å². The summed E-state index contributed by atoms with van der Waals surface area (Å²) >= 11 is 1.61. The number of amidine groups is 1. The summed E-state index contributed by atoms with van der Waals surface area (Å²) in [4.78, 5) is 4.45. The maximum atomic E-state index is 5.92. The Bertz CT molecular complexity index is 455. The van der Waals surface area contributed by atoms with E-state index >= 15 is 0 Å². The van der Waals surface area contributed by atoms with Crippen molar-refractivity contribution >= 4 is 16.9 Å². The van der Waals surface area contributed by atoms with Gasteiger partial charge in [-0.3, -0.25) is 0 Å². The van der Waals surface area contributed by atoms with Crippen LogP contribution in [0.2, 0.25) is 0 Å². The first-order chi connectivity index (χ1) is 7.97. The van der Waals surface area contributed by atoms with Crippen LogP contribution in [0, 0.1) is 5.41 Å². The summed E-state index contributed by atoms with van der Waals surface area (Å²) in [6, 6.07) is 10.4. The molecule has 0 aliphatic carbocycles. The third-order valence-corrected chi connectivity index (χ3v) is 3.68. The molecule has 0 spiro atoms. The molecular weight excluding hydrogens is 228 g/mol. The number of nitrogens with zero attached hydrogens (tertiary/aromatic N) is 1. The quantitative estimate of drug-likeness (QED) is 0.820. The smallest absolute Gasteiger partial charge is 0.159 e. The van der Waals surface area contributed by atoms with Crippen molar-refractivity contribution in [2.24, 2.45) is 16.1 Å². The average molecular weight is 246 g/mol. The van der Waals surface area contributed by atoms with E-state index in [9.17, 15) is 0 Å². The SMILES string of the molecule is CC(C)(C)C1=CC(c2ccccc2)SC(N)=N1. The molecule has 2 rings (SSSR count). The molecule has 1 heterocycles. The first kappa shape index (κ1) is 12.2. The molecular formula is C14H18N2S. The Labute approximate surface area is 107 Å². The van der Waals surface area contributed by atoms with E-state index in [1.54, 1.807) is 11.8 Å². The number of aliphatic imine (C=N–C) groups is 1. The zero-order valence-corrected chi connectivity index (χ0v) is 11.3. The van der Waals surface area contributed by atoms with E-state index in [0.29, 0.717) is 5.17 Å². The third kappa shape index (κ3) is 2.91. The summed E-state index contributed by atoms with van der Waals surface area (Å²) in [6.45, 7) is 6.48. The highest BCUT2D eigenvalue weighted by molar-refractivity contribution is 8.14. The second kappa shape index (κ2) is 4.57. The predicted molar refractivity (Wildman–Crippen MR) is 75.9 cm³/mol. The molecule has 0 saturated carbocycles. The molecule has 1 atom stereocenters. The van der Waals surface area contributed by atoms with E-state index in [0.717, 1.165) is 5.70 Å². The lowest BCUT2D eigenvalue weighted by molar-refractivity contribution is 0.496. The molecule has 1 aliphatic heterocycles. The Balaban J connectivity index is 2.34. The fourth-order valence-corrected chi connectivity index (χ4v) is 2.62. The van der Waals surface area contributed by atoms with Crippen LogP contribution in [0.25, 0.3) is 0 Å². The van der Waals surface area contributed by atoms with Crippen molar-refractivity contribution in [2.75, 3.05) is 0 Å². The fraction of sp³-hybridized carbons (Fsp3) is 0.357. The Hall–Kier alpha value is -1.22. The molecule has 1 aromatic carbocycles. The number of nitrogens with two attached hydrogens (primary N) is 1. The van der Waals surface area contributed by atoms with Gasteiger partial charge in [0.1, 0.15) is 0 Å². The summed E-state index contributed by atoms with van der Waals surface area (Å²) in [5.74, 6) is 0. The van der Waals surface area contributed by atoms with Gasteiger partial charge in [-0.15, -0.1) is 0 Å². The number of hydrogen-bond acceptors (Lipinski definition) is 3. The second-order valence-corrected chi connectivity index (χ2v) is 6.36. The molecule has 2 N–H and O–H groups in total. The molecule has 0 fully saturated rings. The molecule has 1 unspecified atom stereocenters. The van der Waals surface area contributed by atoms with Crippen LogP contribution in [-0.4, -0.2) is 5.17 Å². The van der Waals surface area contributed by atoms with Crippen LogP contribution in [-0.2, 0) is 0 Å². The zero-order chi connectivity index (χ0) is 12.5. The molecule has 0 bridgehead atoms.